The van der Waals surface area contributed by atoms with Crippen molar-refractivity contribution in [2.24, 2.45) is 0 Å². The molecule has 0 aliphatic heterocycles. The summed E-state index contributed by atoms with van der Waals surface area (Å²) in [4.78, 5) is 0. The Morgan fingerprint density at radius 3 is 2.56 bits per heavy atom. The van der Waals surface area contributed by atoms with E-state index in [4.69, 9.17) is 4.42 Å². The van der Waals surface area contributed by atoms with E-state index in [2.05, 4.69) is 5.32 Å². The highest BCUT2D eigenvalue weighted by atomic mass is 19.4. The van der Waals surface area contributed by atoms with Gasteiger partial charge in [0.2, 0.25) is 0 Å². The second-order valence-corrected chi connectivity index (χ2v) is 4.53. The third-order valence-electron chi connectivity index (χ3n) is 3.25. The molecule has 1 heterocycles. The van der Waals surface area contributed by atoms with Gasteiger partial charge in [-0.2, -0.15) is 13.2 Å². The average Bonchev–Trinajstić information content (AvgIpc) is 2.74. The SMILES string of the molecule is CNCC(C)(c1ccc2occc2c1)C(F)(F)F. The minimum Gasteiger partial charge on any atom is -0.464 e. The first-order valence-corrected chi connectivity index (χ1v) is 5.57. The number of halogens is 3. The number of hydrogen-bond donors (Lipinski definition) is 1. The van der Waals surface area contributed by atoms with E-state index in [1.165, 1.54) is 32.4 Å². The number of likely N-dealkylation sites (N-methyl/N-ethyl adjacent to an activating group) is 1. The predicted octanol–water partition coefficient (Wildman–Crippen LogP) is 3.47. The van der Waals surface area contributed by atoms with Gasteiger partial charge in [0.05, 0.1) is 6.26 Å². The molecule has 98 valence electrons. The first-order chi connectivity index (χ1) is 8.38. The minimum atomic E-state index is -4.31. The molecular formula is C13H14F3NO. The van der Waals surface area contributed by atoms with Gasteiger partial charge in [-0.05, 0) is 37.7 Å². The van der Waals surface area contributed by atoms with Crippen LogP contribution in [0.5, 0.6) is 0 Å². The fourth-order valence-corrected chi connectivity index (χ4v) is 2.03. The molecule has 1 aromatic carbocycles. The van der Waals surface area contributed by atoms with E-state index in [0.29, 0.717) is 11.0 Å². The van der Waals surface area contributed by atoms with Crippen molar-refractivity contribution in [3.63, 3.8) is 0 Å². The van der Waals surface area contributed by atoms with Crippen molar-refractivity contribution in [3.8, 4) is 0 Å². The minimum absolute atomic E-state index is 0.167. The normalized spacial score (nSPS) is 15.8. The average molecular weight is 257 g/mol. The van der Waals surface area contributed by atoms with E-state index in [0.717, 1.165) is 0 Å². The number of fused-ring (bicyclic) bond motifs is 1. The summed E-state index contributed by atoms with van der Waals surface area (Å²) < 4.78 is 44.9. The van der Waals surface area contributed by atoms with Gasteiger partial charge in [-0.1, -0.05) is 6.07 Å². The van der Waals surface area contributed by atoms with Gasteiger partial charge in [0.1, 0.15) is 11.0 Å². The maximum atomic E-state index is 13.2. The van der Waals surface area contributed by atoms with Crippen LogP contribution in [-0.2, 0) is 5.41 Å². The standard InChI is InChI=1S/C13H14F3NO/c1-12(8-17-2,13(14,15)16)10-3-4-11-9(7-10)5-6-18-11/h3-7,17H,8H2,1-2H3. The highest BCUT2D eigenvalue weighted by Crippen LogP contribution is 2.41. The van der Waals surface area contributed by atoms with Gasteiger partial charge in [0.15, 0.2) is 0 Å². The Morgan fingerprint density at radius 1 is 1.22 bits per heavy atom. The molecule has 0 fully saturated rings. The van der Waals surface area contributed by atoms with Crippen LogP contribution in [0.4, 0.5) is 13.2 Å². The first-order valence-electron chi connectivity index (χ1n) is 5.57. The van der Waals surface area contributed by atoms with Crippen LogP contribution in [0.15, 0.2) is 34.9 Å². The van der Waals surface area contributed by atoms with Crippen LogP contribution in [0.25, 0.3) is 11.0 Å². The molecule has 1 N–H and O–H groups in total. The number of benzene rings is 1. The van der Waals surface area contributed by atoms with Crippen molar-refractivity contribution in [2.45, 2.75) is 18.5 Å². The summed E-state index contributed by atoms with van der Waals surface area (Å²) >= 11 is 0. The molecule has 0 aliphatic carbocycles. The molecule has 1 aromatic heterocycles. The summed E-state index contributed by atoms with van der Waals surface area (Å²) in [5.41, 5.74) is -1.08. The zero-order valence-electron chi connectivity index (χ0n) is 10.1. The maximum absolute atomic E-state index is 13.2. The molecule has 0 saturated heterocycles. The van der Waals surface area contributed by atoms with Crippen molar-refractivity contribution < 1.29 is 17.6 Å². The molecule has 1 atom stereocenters. The van der Waals surface area contributed by atoms with E-state index < -0.39 is 11.6 Å². The molecule has 0 saturated carbocycles. The van der Waals surface area contributed by atoms with Gasteiger partial charge in [-0.25, -0.2) is 0 Å². The molecule has 1 unspecified atom stereocenters. The Balaban J connectivity index is 2.53. The van der Waals surface area contributed by atoms with Gasteiger partial charge in [-0.15, -0.1) is 0 Å². The lowest BCUT2D eigenvalue weighted by molar-refractivity contribution is -0.184. The summed E-state index contributed by atoms with van der Waals surface area (Å²) in [6.07, 6.45) is -2.84. The van der Waals surface area contributed by atoms with Gasteiger partial charge >= 0.3 is 6.18 Å². The Bertz CT molecular complexity index is 546. The van der Waals surface area contributed by atoms with E-state index in [1.807, 2.05) is 0 Å². The summed E-state index contributed by atoms with van der Waals surface area (Å²) in [6, 6.07) is 6.24. The van der Waals surface area contributed by atoms with Crippen molar-refractivity contribution in [1.82, 2.24) is 5.32 Å². The molecule has 2 nitrogen and oxygen atoms in total. The van der Waals surface area contributed by atoms with Crippen LogP contribution in [0.3, 0.4) is 0 Å². The molecule has 5 heteroatoms. The van der Waals surface area contributed by atoms with Crippen LogP contribution >= 0.6 is 0 Å². The Morgan fingerprint density at radius 2 is 1.94 bits per heavy atom. The molecule has 0 spiro atoms. The lowest BCUT2D eigenvalue weighted by Gasteiger charge is -2.32. The van der Waals surface area contributed by atoms with E-state index in [1.54, 1.807) is 12.1 Å². The summed E-state index contributed by atoms with van der Waals surface area (Å²) in [5.74, 6) is 0. The Labute approximate surface area is 103 Å². The number of hydrogen-bond acceptors (Lipinski definition) is 2. The monoisotopic (exact) mass is 257 g/mol. The van der Waals surface area contributed by atoms with Crippen molar-refractivity contribution >= 4 is 11.0 Å². The molecular weight excluding hydrogens is 243 g/mol. The van der Waals surface area contributed by atoms with Gasteiger partial charge < -0.3 is 9.73 Å². The van der Waals surface area contributed by atoms with Crippen molar-refractivity contribution in [2.75, 3.05) is 13.6 Å². The highest BCUT2D eigenvalue weighted by molar-refractivity contribution is 5.78. The molecule has 0 aliphatic rings. The lowest BCUT2D eigenvalue weighted by atomic mass is 9.81. The smallest absolute Gasteiger partial charge is 0.399 e. The predicted molar refractivity (Wildman–Crippen MR) is 63.5 cm³/mol. The van der Waals surface area contributed by atoms with Crippen LogP contribution in [-0.4, -0.2) is 19.8 Å². The van der Waals surface area contributed by atoms with Crippen molar-refractivity contribution in [1.29, 1.82) is 0 Å². The quantitative estimate of drug-likeness (QED) is 0.910. The summed E-state index contributed by atoms with van der Waals surface area (Å²) in [5, 5.41) is 3.29. The molecule has 0 bridgehead atoms. The van der Waals surface area contributed by atoms with E-state index in [9.17, 15) is 13.2 Å². The zero-order valence-corrected chi connectivity index (χ0v) is 10.1. The van der Waals surface area contributed by atoms with E-state index >= 15 is 0 Å². The lowest BCUT2D eigenvalue weighted by Crippen LogP contribution is -2.46. The summed E-state index contributed by atoms with van der Waals surface area (Å²) in [6.45, 7) is 1.03. The zero-order chi connectivity index (χ0) is 13.4. The second kappa shape index (κ2) is 4.31. The van der Waals surface area contributed by atoms with Crippen LogP contribution in [0, 0.1) is 0 Å². The number of alkyl halides is 3. The van der Waals surface area contributed by atoms with Gasteiger partial charge in [0.25, 0.3) is 0 Å². The highest BCUT2D eigenvalue weighted by Gasteiger charge is 2.51. The number of furan rings is 1. The third-order valence-corrected chi connectivity index (χ3v) is 3.25. The maximum Gasteiger partial charge on any atom is 0.399 e. The molecule has 0 amide bonds. The topological polar surface area (TPSA) is 25.2 Å². The molecule has 2 aromatic rings. The van der Waals surface area contributed by atoms with Crippen LogP contribution in [0.1, 0.15) is 12.5 Å². The van der Waals surface area contributed by atoms with Crippen molar-refractivity contribution in [3.05, 3.63) is 36.1 Å². The molecule has 0 radical (unpaired) electrons. The van der Waals surface area contributed by atoms with E-state index in [-0.39, 0.29) is 12.1 Å². The fourth-order valence-electron chi connectivity index (χ4n) is 2.03. The van der Waals surface area contributed by atoms with Crippen LogP contribution in [0.2, 0.25) is 0 Å². The number of nitrogens with one attached hydrogen (secondary N) is 1. The van der Waals surface area contributed by atoms with Gasteiger partial charge in [0, 0.05) is 11.9 Å². The van der Waals surface area contributed by atoms with Gasteiger partial charge in [-0.3, -0.25) is 0 Å². The molecule has 18 heavy (non-hydrogen) atoms. The first kappa shape index (κ1) is 13.0. The second-order valence-electron chi connectivity index (χ2n) is 4.53. The van der Waals surface area contributed by atoms with Crippen LogP contribution < -0.4 is 5.32 Å². The Hall–Kier alpha value is -1.49. The fraction of sp³-hybridized carbons (Fsp3) is 0.385. The largest absolute Gasteiger partial charge is 0.464 e. The summed E-state index contributed by atoms with van der Waals surface area (Å²) in [7, 11) is 1.51. The Kier molecular flexibility index (Phi) is 3.11. The molecule has 2 rings (SSSR count). The third kappa shape index (κ3) is 1.99. The number of rotatable bonds is 3.